The highest BCUT2D eigenvalue weighted by molar-refractivity contribution is 7.80. The van der Waals surface area contributed by atoms with E-state index in [0.29, 0.717) is 16.5 Å². The number of carbonyl (C=O) groups is 1. The third kappa shape index (κ3) is 2.31. The summed E-state index contributed by atoms with van der Waals surface area (Å²) in [6, 6.07) is 3.77. The number of nitrogens with two attached hydrogens (primary N) is 1. The van der Waals surface area contributed by atoms with Crippen molar-refractivity contribution in [1.29, 1.82) is 0 Å². The molecule has 17 heavy (non-hydrogen) atoms. The molecular formula is C13H15NO2S. The topological polar surface area (TPSA) is 52.3 Å². The number of hydrogen-bond acceptors (Lipinski definition) is 3. The third-order valence-electron chi connectivity index (χ3n) is 3.08. The molecule has 2 rings (SSSR count). The molecule has 2 N–H and O–H groups in total. The predicted molar refractivity (Wildman–Crippen MR) is 70.4 cm³/mol. The number of carbonyl (C=O) groups excluding carboxylic acids is 1. The van der Waals surface area contributed by atoms with Gasteiger partial charge < -0.3 is 10.5 Å². The van der Waals surface area contributed by atoms with Crippen molar-refractivity contribution in [3.63, 3.8) is 0 Å². The molecule has 0 amide bonds. The molecule has 1 aliphatic rings. The van der Waals surface area contributed by atoms with E-state index < -0.39 is 0 Å². The van der Waals surface area contributed by atoms with Crippen LogP contribution in [0.2, 0.25) is 0 Å². The zero-order chi connectivity index (χ0) is 12.6. The summed E-state index contributed by atoms with van der Waals surface area (Å²) < 4.78 is 4.74. The van der Waals surface area contributed by atoms with Gasteiger partial charge in [0, 0.05) is 5.56 Å². The van der Waals surface area contributed by atoms with Gasteiger partial charge in [0.2, 0.25) is 0 Å². The first-order valence-electron chi connectivity index (χ1n) is 5.57. The van der Waals surface area contributed by atoms with E-state index in [9.17, 15) is 4.79 Å². The highest BCUT2D eigenvalue weighted by Gasteiger charge is 2.28. The smallest absolute Gasteiger partial charge is 0.338 e. The van der Waals surface area contributed by atoms with Crippen molar-refractivity contribution in [1.82, 2.24) is 0 Å². The number of ether oxygens (including phenoxy) is 1. The molecule has 90 valence electrons. The molecule has 1 aliphatic carbocycles. The lowest BCUT2D eigenvalue weighted by atomic mass is 9.96. The first-order chi connectivity index (χ1) is 8.04. The minimum absolute atomic E-state index is 0.344. The first-order valence-corrected chi connectivity index (χ1v) is 5.98. The molecule has 0 radical (unpaired) electrons. The minimum Gasteiger partial charge on any atom is -0.465 e. The van der Waals surface area contributed by atoms with Crippen molar-refractivity contribution in [2.75, 3.05) is 7.11 Å². The van der Waals surface area contributed by atoms with Crippen molar-refractivity contribution in [3.8, 4) is 0 Å². The Kier molecular flexibility index (Phi) is 3.15. The lowest BCUT2D eigenvalue weighted by Crippen LogP contribution is -2.15. The molecule has 1 saturated carbocycles. The summed E-state index contributed by atoms with van der Waals surface area (Å²) in [7, 11) is 1.37. The molecular weight excluding hydrogens is 234 g/mol. The Labute approximate surface area is 106 Å². The van der Waals surface area contributed by atoms with Gasteiger partial charge in [-0.3, -0.25) is 0 Å². The number of methoxy groups -OCH3 is 1. The molecule has 0 bridgehead atoms. The number of benzene rings is 1. The van der Waals surface area contributed by atoms with Crippen LogP contribution in [0.15, 0.2) is 12.1 Å². The van der Waals surface area contributed by atoms with Gasteiger partial charge in [-0.25, -0.2) is 4.79 Å². The second kappa shape index (κ2) is 4.45. The average molecular weight is 249 g/mol. The Hall–Kier alpha value is -1.42. The average Bonchev–Trinajstić information content (AvgIpc) is 3.11. The lowest BCUT2D eigenvalue weighted by Gasteiger charge is -2.12. The Morgan fingerprint density at radius 2 is 2.06 bits per heavy atom. The Morgan fingerprint density at radius 1 is 1.41 bits per heavy atom. The van der Waals surface area contributed by atoms with E-state index >= 15 is 0 Å². The summed E-state index contributed by atoms with van der Waals surface area (Å²) in [5, 5.41) is 0. The van der Waals surface area contributed by atoms with Gasteiger partial charge >= 0.3 is 5.97 Å². The van der Waals surface area contributed by atoms with E-state index in [0.717, 1.165) is 11.1 Å². The monoisotopic (exact) mass is 249 g/mol. The van der Waals surface area contributed by atoms with Gasteiger partial charge in [0.05, 0.1) is 12.7 Å². The maximum Gasteiger partial charge on any atom is 0.338 e. The molecule has 4 heteroatoms. The van der Waals surface area contributed by atoms with Crippen LogP contribution in [0.4, 0.5) is 0 Å². The molecule has 0 atom stereocenters. The third-order valence-corrected chi connectivity index (χ3v) is 3.30. The SMILES string of the molecule is COC(=O)c1cc(C(N)=S)c(C2CC2)cc1C. The van der Waals surface area contributed by atoms with Gasteiger partial charge in [0.1, 0.15) is 4.99 Å². The van der Waals surface area contributed by atoms with Crippen LogP contribution in [-0.2, 0) is 4.74 Å². The van der Waals surface area contributed by atoms with Gasteiger partial charge in [0.15, 0.2) is 0 Å². The van der Waals surface area contributed by atoms with Crippen molar-refractivity contribution in [2.45, 2.75) is 25.7 Å². The highest BCUT2D eigenvalue weighted by Crippen LogP contribution is 2.42. The zero-order valence-corrected chi connectivity index (χ0v) is 10.8. The molecule has 0 heterocycles. The predicted octanol–water partition coefficient (Wildman–Crippen LogP) is 2.29. The van der Waals surface area contributed by atoms with Crippen LogP contribution in [0.5, 0.6) is 0 Å². The molecule has 0 unspecified atom stereocenters. The second-order valence-electron chi connectivity index (χ2n) is 4.38. The van der Waals surface area contributed by atoms with Crippen molar-refractivity contribution < 1.29 is 9.53 Å². The maximum absolute atomic E-state index is 11.6. The fourth-order valence-corrected chi connectivity index (χ4v) is 2.18. The maximum atomic E-state index is 11.6. The lowest BCUT2D eigenvalue weighted by molar-refractivity contribution is 0.0600. The fraction of sp³-hybridized carbons (Fsp3) is 0.385. The number of esters is 1. The van der Waals surface area contributed by atoms with Gasteiger partial charge in [-0.05, 0) is 42.9 Å². The summed E-state index contributed by atoms with van der Waals surface area (Å²) in [4.78, 5) is 11.9. The summed E-state index contributed by atoms with van der Waals surface area (Å²) in [6.45, 7) is 1.90. The quantitative estimate of drug-likeness (QED) is 0.659. The zero-order valence-electron chi connectivity index (χ0n) is 9.95. The van der Waals surface area contributed by atoms with Crippen LogP contribution in [0.3, 0.4) is 0 Å². The minimum atomic E-state index is -0.345. The van der Waals surface area contributed by atoms with Crippen molar-refractivity contribution in [3.05, 3.63) is 34.4 Å². The summed E-state index contributed by atoms with van der Waals surface area (Å²) in [5.74, 6) is 0.208. The van der Waals surface area contributed by atoms with E-state index in [4.69, 9.17) is 22.7 Å². The molecule has 0 aliphatic heterocycles. The van der Waals surface area contributed by atoms with Crippen LogP contribution in [0.1, 0.15) is 45.8 Å². The molecule has 3 nitrogen and oxygen atoms in total. The number of hydrogen-bond donors (Lipinski definition) is 1. The van der Waals surface area contributed by atoms with E-state index in [1.165, 1.54) is 25.5 Å². The number of aryl methyl sites for hydroxylation is 1. The van der Waals surface area contributed by atoms with Crippen molar-refractivity contribution in [2.24, 2.45) is 5.73 Å². The molecule has 1 aromatic rings. The van der Waals surface area contributed by atoms with Crippen molar-refractivity contribution >= 4 is 23.2 Å². The summed E-state index contributed by atoms with van der Waals surface area (Å²) in [6.07, 6.45) is 2.35. The Balaban J connectivity index is 2.54. The number of thiocarbonyl (C=S) groups is 1. The largest absolute Gasteiger partial charge is 0.465 e. The molecule has 1 aromatic carbocycles. The van der Waals surface area contributed by atoms with E-state index in [-0.39, 0.29) is 5.97 Å². The molecule has 0 saturated heterocycles. The Morgan fingerprint density at radius 3 is 2.53 bits per heavy atom. The standard InChI is InChI=1S/C13H15NO2S/c1-7-5-10(8-3-4-8)11(12(14)17)6-9(7)13(15)16-2/h5-6,8H,3-4H2,1-2H3,(H2,14,17). The molecule has 0 spiro atoms. The van der Waals surface area contributed by atoms with Crippen LogP contribution in [0.25, 0.3) is 0 Å². The summed E-state index contributed by atoms with van der Waals surface area (Å²) in [5.41, 5.74) is 9.16. The number of rotatable bonds is 3. The highest BCUT2D eigenvalue weighted by atomic mass is 32.1. The van der Waals surface area contributed by atoms with E-state index in [2.05, 4.69) is 0 Å². The molecule has 0 aromatic heterocycles. The van der Waals surface area contributed by atoms with Crippen LogP contribution in [0, 0.1) is 6.92 Å². The summed E-state index contributed by atoms with van der Waals surface area (Å²) >= 11 is 5.05. The van der Waals surface area contributed by atoms with E-state index in [1.807, 2.05) is 13.0 Å². The van der Waals surface area contributed by atoms with Gasteiger partial charge in [0.25, 0.3) is 0 Å². The first kappa shape index (κ1) is 12.0. The van der Waals surface area contributed by atoms with Gasteiger partial charge in [-0.2, -0.15) is 0 Å². The Bertz CT molecular complexity index is 492. The normalized spacial score (nSPS) is 14.5. The van der Waals surface area contributed by atoms with Crippen LogP contribution in [-0.4, -0.2) is 18.1 Å². The van der Waals surface area contributed by atoms with Crippen LogP contribution >= 0.6 is 12.2 Å². The van der Waals surface area contributed by atoms with Gasteiger partial charge in [-0.15, -0.1) is 0 Å². The van der Waals surface area contributed by atoms with Gasteiger partial charge in [-0.1, -0.05) is 18.3 Å². The fourth-order valence-electron chi connectivity index (χ4n) is 2.01. The second-order valence-corrected chi connectivity index (χ2v) is 4.82. The van der Waals surface area contributed by atoms with Crippen LogP contribution < -0.4 is 5.73 Å². The van der Waals surface area contributed by atoms with E-state index in [1.54, 1.807) is 6.07 Å². The molecule has 1 fully saturated rings.